The number of aryl methyl sites for hydroxylation is 1. The van der Waals surface area contributed by atoms with Crippen molar-refractivity contribution in [2.75, 3.05) is 24.5 Å². The van der Waals surface area contributed by atoms with Crippen molar-refractivity contribution >= 4 is 34.5 Å². The topological polar surface area (TPSA) is 108 Å². The minimum absolute atomic E-state index is 0.153. The summed E-state index contributed by atoms with van der Waals surface area (Å²) in [5.74, 6) is -0.433. The van der Waals surface area contributed by atoms with E-state index in [1.807, 2.05) is 46.4 Å². The van der Waals surface area contributed by atoms with Gasteiger partial charge in [0.05, 0.1) is 16.1 Å². The van der Waals surface area contributed by atoms with Crippen LogP contribution in [-0.4, -0.2) is 56.8 Å². The number of carbonyl (C=O) groups is 1. The molecule has 4 heterocycles. The van der Waals surface area contributed by atoms with E-state index in [0.717, 1.165) is 4.73 Å². The minimum atomic E-state index is -0.653. The van der Waals surface area contributed by atoms with Crippen molar-refractivity contribution in [3.63, 3.8) is 0 Å². The first kappa shape index (κ1) is 31.2. The molecule has 0 aliphatic carbocycles. The van der Waals surface area contributed by atoms with Crippen LogP contribution in [0.3, 0.4) is 0 Å². The van der Waals surface area contributed by atoms with E-state index < -0.39 is 23.2 Å². The number of hydrogen-bond donors (Lipinski definition) is 0. The molecule has 1 amide bonds. The van der Waals surface area contributed by atoms with Crippen LogP contribution in [-0.2, 0) is 4.74 Å². The normalized spacial score (nSPS) is 15.7. The molecule has 0 radical (unpaired) electrons. The van der Waals surface area contributed by atoms with Crippen molar-refractivity contribution in [1.82, 2.24) is 19.4 Å². The lowest BCUT2D eigenvalue weighted by molar-refractivity contribution is -0.615. The minimum Gasteiger partial charge on any atom is -0.618 e. The van der Waals surface area contributed by atoms with E-state index in [9.17, 15) is 19.2 Å². The van der Waals surface area contributed by atoms with Gasteiger partial charge in [-0.2, -0.15) is 9.71 Å². The van der Waals surface area contributed by atoms with Gasteiger partial charge in [-0.3, -0.25) is 0 Å². The summed E-state index contributed by atoms with van der Waals surface area (Å²) in [7, 11) is 0. The van der Waals surface area contributed by atoms with Crippen LogP contribution in [0.15, 0.2) is 47.4 Å². The zero-order valence-electron chi connectivity index (χ0n) is 25.9. The Balaban J connectivity index is 1.74. The number of rotatable bonds is 4. The molecule has 4 aromatic rings. The Morgan fingerprint density at radius 1 is 1.18 bits per heavy atom. The molecule has 1 saturated heterocycles. The molecule has 12 heteroatoms. The van der Waals surface area contributed by atoms with Crippen molar-refractivity contribution in [1.29, 1.82) is 0 Å². The van der Waals surface area contributed by atoms with Crippen molar-refractivity contribution in [2.24, 2.45) is 0 Å². The second kappa shape index (κ2) is 11.7. The summed E-state index contributed by atoms with van der Waals surface area (Å²) in [6.07, 6.45) is 0.993. The number of amides is 1. The zero-order chi connectivity index (χ0) is 32.1. The van der Waals surface area contributed by atoms with Crippen LogP contribution in [0.4, 0.5) is 15.0 Å². The van der Waals surface area contributed by atoms with E-state index in [0.29, 0.717) is 47.8 Å². The molecule has 0 N–H and O–H groups in total. The van der Waals surface area contributed by atoms with E-state index in [4.69, 9.17) is 21.3 Å². The third kappa shape index (κ3) is 5.80. The van der Waals surface area contributed by atoms with E-state index in [1.165, 1.54) is 16.8 Å². The van der Waals surface area contributed by atoms with Crippen molar-refractivity contribution in [3.05, 3.63) is 80.4 Å². The predicted octanol–water partition coefficient (Wildman–Crippen LogP) is 5.75. The van der Waals surface area contributed by atoms with Gasteiger partial charge in [0, 0.05) is 43.2 Å². The van der Waals surface area contributed by atoms with Crippen molar-refractivity contribution in [3.8, 4) is 16.9 Å². The van der Waals surface area contributed by atoms with Crippen LogP contribution in [0.5, 0.6) is 0 Å². The SMILES string of the molecule is Cc1cc[n+]([O-])c(C(C)C)c1-n1c(=O)nc(N2CCN(C(=O)OC(C)(C)C)C[C@@H]2C)c2cc(Cl)c(-c3ccccc3F)nc21. The van der Waals surface area contributed by atoms with Gasteiger partial charge in [0.25, 0.3) is 0 Å². The maximum atomic E-state index is 15.0. The van der Waals surface area contributed by atoms with Gasteiger partial charge in [-0.1, -0.05) is 37.6 Å². The quantitative estimate of drug-likeness (QED) is 0.211. The lowest BCUT2D eigenvalue weighted by Crippen LogP contribution is -2.55. The Labute approximate surface area is 260 Å². The summed E-state index contributed by atoms with van der Waals surface area (Å²) >= 11 is 6.77. The average molecular weight is 623 g/mol. The number of ether oxygens (including phenoxy) is 1. The maximum Gasteiger partial charge on any atom is 0.410 e. The van der Waals surface area contributed by atoms with Gasteiger partial charge < -0.3 is 19.7 Å². The smallest absolute Gasteiger partial charge is 0.410 e. The highest BCUT2D eigenvalue weighted by Gasteiger charge is 2.33. The van der Waals surface area contributed by atoms with E-state index in [2.05, 4.69) is 4.98 Å². The fourth-order valence-corrected chi connectivity index (χ4v) is 5.85. The highest BCUT2D eigenvalue weighted by Crippen LogP contribution is 2.36. The number of halogens is 2. The molecule has 1 aliphatic heterocycles. The summed E-state index contributed by atoms with van der Waals surface area (Å²) in [4.78, 5) is 39.7. The third-order valence-electron chi connectivity index (χ3n) is 7.57. The molecule has 0 bridgehead atoms. The molecular formula is C32H36ClFN6O4. The van der Waals surface area contributed by atoms with Gasteiger partial charge in [0.2, 0.25) is 5.69 Å². The number of benzene rings is 1. The van der Waals surface area contributed by atoms with Crippen LogP contribution in [0.2, 0.25) is 5.02 Å². The number of piperazine rings is 1. The van der Waals surface area contributed by atoms with Gasteiger partial charge in [-0.25, -0.2) is 23.5 Å². The molecule has 0 unspecified atom stereocenters. The molecule has 0 spiro atoms. The fraction of sp³-hybridized carbons (Fsp3) is 0.406. The largest absolute Gasteiger partial charge is 0.618 e. The second-order valence-electron chi connectivity index (χ2n) is 12.4. The van der Waals surface area contributed by atoms with Gasteiger partial charge in [-0.05, 0) is 58.4 Å². The van der Waals surface area contributed by atoms with Gasteiger partial charge in [-0.15, -0.1) is 0 Å². The molecule has 3 aromatic heterocycles. The number of fused-ring (bicyclic) bond motifs is 1. The molecule has 232 valence electrons. The van der Waals surface area contributed by atoms with E-state index in [1.54, 1.807) is 42.2 Å². The number of carbonyl (C=O) groups excluding carboxylic acids is 1. The average Bonchev–Trinajstić information content (AvgIpc) is 2.93. The lowest BCUT2D eigenvalue weighted by Gasteiger charge is -2.41. The number of anilines is 1. The van der Waals surface area contributed by atoms with Crippen LogP contribution in [0.1, 0.15) is 58.7 Å². The standard InChI is InChI=1S/C32H36ClFN6O4/c1-18(2)26-27(19(3)12-13-39(26)43)40-29-22(16-23(33)25(35-29)21-10-8-9-11-24(21)34)28(36-30(40)41)38-15-14-37(17-20(38)4)31(42)44-32(5,6)7/h8-13,16,18,20H,14-15,17H2,1-7H3/t20-/m0/s1. The van der Waals surface area contributed by atoms with Crippen LogP contribution >= 0.6 is 11.6 Å². The van der Waals surface area contributed by atoms with Gasteiger partial charge in [0.1, 0.15) is 22.9 Å². The number of aromatic nitrogens is 4. The Hall–Kier alpha value is -4.25. The molecule has 1 fully saturated rings. The Morgan fingerprint density at radius 2 is 1.89 bits per heavy atom. The van der Waals surface area contributed by atoms with Crippen molar-refractivity contribution < 1.29 is 18.7 Å². The summed E-state index contributed by atoms with van der Waals surface area (Å²) in [6, 6.07) is 9.14. The lowest BCUT2D eigenvalue weighted by atomic mass is 10.0. The monoisotopic (exact) mass is 622 g/mol. The van der Waals surface area contributed by atoms with Crippen LogP contribution in [0.25, 0.3) is 28.0 Å². The summed E-state index contributed by atoms with van der Waals surface area (Å²) in [5, 5.41) is 13.6. The second-order valence-corrected chi connectivity index (χ2v) is 12.8. The predicted molar refractivity (Wildman–Crippen MR) is 168 cm³/mol. The summed E-state index contributed by atoms with van der Waals surface area (Å²) in [6.45, 7) is 13.9. The molecule has 1 aromatic carbocycles. The first-order valence-electron chi connectivity index (χ1n) is 14.5. The number of nitrogens with zero attached hydrogens (tertiary/aromatic N) is 6. The highest BCUT2D eigenvalue weighted by molar-refractivity contribution is 6.33. The zero-order valence-corrected chi connectivity index (χ0v) is 26.6. The van der Waals surface area contributed by atoms with E-state index >= 15 is 0 Å². The Kier molecular flexibility index (Phi) is 8.28. The Morgan fingerprint density at radius 3 is 2.52 bits per heavy atom. The first-order chi connectivity index (χ1) is 20.7. The number of pyridine rings is 2. The molecular weight excluding hydrogens is 587 g/mol. The molecule has 0 saturated carbocycles. The van der Waals surface area contributed by atoms with Crippen LogP contribution < -0.4 is 15.3 Å². The van der Waals surface area contributed by atoms with Gasteiger partial charge in [0.15, 0.2) is 11.8 Å². The summed E-state index contributed by atoms with van der Waals surface area (Å²) < 4.78 is 22.6. The first-order valence-corrected chi connectivity index (χ1v) is 14.9. The Bertz CT molecular complexity index is 1820. The van der Waals surface area contributed by atoms with Crippen molar-refractivity contribution in [2.45, 2.75) is 66.0 Å². The number of hydrogen-bond acceptors (Lipinski definition) is 7. The van der Waals surface area contributed by atoms with Crippen LogP contribution in [0, 0.1) is 17.9 Å². The maximum absolute atomic E-state index is 15.0. The molecule has 5 rings (SSSR count). The molecule has 1 aliphatic rings. The third-order valence-corrected chi connectivity index (χ3v) is 7.85. The molecule has 1 atom stereocenters. The van der Waals surface area contributed by atoms with Gasteiger partial charge >= 0.3 is 11.8 Å². The van der Waals surface area contributed by atoms with E-state index in [-0.39, 0.29) is 33.9 Å². The molecule has 10 nitrogen and oxygen atoms in total. The fourth-order valence-electron chi connectivity index (χ4n) is 5.60. The highest BCUT2D eigenvalue weighted by atomic mass is 35.5. The molecule has 44 heavy (non-hydrogen) atoms. The summed E-state index contributed by atoms with van der Waals surface area (Å²) in [5.41, 5.74) is 0.617.